The highest BCUT2D eigenvalue weighted by atomic mass is 32.1. The molecule has 2 nitrogen and oxygen atoms in total. The van der Waals surface area contributed by atoms with E-state index in [0.717, 1.165) is 12.1 Å². The largest absolute Gasteiger partial charge is 0.508 e. The molecule has 0 bridgehead atoms. The maximum Gasteiger partial charge on any atom is 0.191 e. The van der Waals surface area contributed by atoms with E-state index in [1.807, 2.05) is 0 Å². The van der Waals surface area contributed by atoms with E-state index in [9.17, 15) is 8.78 Å². The first-order valence-electron chi connectivity index (χ1n) is 5.46. The summed E-state index contributed by atoms with van der Waals surface area (Å²) in [5.41, 5.74) is 0.831. The van der Waals surface area contributed by atoms with Crippen LogP contribution in [-0.4, -0.2) is 10.2 Å². The van der Waals surface area contributed by atoms with E-state index in [-0.39, 0.29) is 23.0 Å². The third kappa shape index (κ3) is 3.48. The van der Waals surface area contributed by atoms with Crippen LogP contribution in [0.5, 0.6) is 5.75 Å². The Hall–Kier alpha value is -2.01. The quantitative estimate of drug-likeness (QED) is 0.872. The van der Waals surface area contributed by atoms with Crippen molar-refractivity contribution in [1.82, 2.24) is 0 Å². The van der Waals surface area contributed by atoms with Gasteiger partial charge in [0.05, 0.1) is 0 Å². The Kier molecular flexibility index (Phi) is 4.06. The smallest absolute Gasteiger partial charge is 0.191 e. The zero-order valence-corrected chi connectivity index (χ0v) is 10.6. The van der Waals surface area contributed by atoms with Crippen LogP contribution in [-0.2, 0) is 11.3 Å². The lowest BCUT2D eigenvalue weighted by molar-refractivity contribution is 0.295. The van der Waals surface area contributed by atoms with E-state index < -0.39 is 11.6 Å². The average Bonchev–Trinajstić information content (AvgIpc) is 2.38. The summed E-state index contributed by atoms with van der Waals surface area (Å²) in [6.07, 6.45) is 0. The molecule has 0 spiro atoms. The lowest BCUT2D eigenvalue weighted by atomic mass is 10.2. The molecule has 0 aliphatic heterocycles. The van der Waals surface area contributed by atoms with Gasteiger partial charge in [0, 0.05) is 17.2 Å². The van der Waals surface area contributed by atoms with Gasteiger partial charge in [0.2, 0.25) is 0 Å². The summed E-state index contributed by atoms with van der Waals surface area (Å²) in [6, 6.07) is 9.40. The van der Waals surface area contributed by atoms with Crippen molar-refractivity contribution in [2.24, 2.45) is 0 Å². The highest BCUT2D eigenvalue weighted by Crippen LogP contribution is 2.14. The van der Waals surface area contributed by atoms with Gasteiger partial charge < -0.3 is 9.84 Å². The first kappa shape index (κ1) is 13.4. The van der Waals surface area contributed by atoms with Gasteiger partial charge in [-0.15, -0.1) is 0 Å². The van der Waals surface area contributed by atoms with Crippen LogP contribution in [0.3, 0.4) is 0 Å². The molecule has 19 heavy (non-hydrogen) atoms. The van der Waals surface area contributed by atoms with E-state index >= 15 is 0 Å². The van der Waals surface area contributed by atoms with Crippen LogP contribution < -0.4 is 0 Å². The number of halogens is 2. The van der Waals surface area contributed by atoms with E-state index in [1.165, 1.54) is 18.2 Å². The van der Waals surface area contributed by atoms with Crippen LogP contribution in [0, 0.1) is 11.6 Å². The van der Waals surface area contributed by atoms with E-state index in [2.05, 4.69) is 0 Å². The van der Waals surface area contributed by atoms with Crippen LogP contribution in [0.1, 0.15) is 11.1 Å². The van der Waals surface area contributed by atoms with E-state index in [0.29, 0.717) is 5.56 Å². The molecule has 2 rings (SSSR count). The maximum atomic E-state index is 13.4. The molecule has 5 heteroatoms. The molecule has 2 aromatic rings. The molecule has 0 amide bonds. The van der Waals surface area contributed by atoms with Gasteiger partial charge in [-0.05, 0) is 48.6 Å². The van der Waals surface area contributed by atoms with Gasteiger partial charge in [0.15, 0.2) is 5.05 Å². The molecule has 0 aliphatic rings. The summed E-state index contributed by atoms with van der Waals surface area (Å²) >= 11 is 5.03. The summed E-state index contributed by atoms with van der Waals surface area (Å²) in [4.78, 5) is 0. The molecule has 98 valence electrons. The number of rotatable bonds is 3. The fraction of sp³-hybridized carbons (Fsp3) is 0.0714. The number of phenolic OH excluding ortho intramolecular Hbond substituents is 1. The monoisotopic (exact) mass is 280 g/mol. The van der Waals surface area contributed by atoms with Crippen LogP contribution in [0.2, 0.25) is 0 Å². The Labute approximate surface area is 114 Å². The molecule has 0 unspecified atom stereocenters. The topological polar surface area (TPSA) is 29.5 Å². The number of benzene rings is 2. The zero-order chi connectivity index (χ0) is 13.8. The molecule has 0 aromatic heterocycles. The number of thiocarbonyl (C=S) groups is 1. The van der Waals surface area contributed by atoms with Gasteiger partial charge in [-0.3, -0.25) is 0 Å². The van der Waals surface area contributed by atoms with Crippen LogP contribution in [0.25, 0.3) is 0 Å². The van der Waals surface area contributed by atoms with Gasteiger partial charge in [-0.1, -0.05) is 0 Å². The van der Waals surface area contributed by atoms with Crippen molar-refractivity contribution in [3.05, 3.63) is 65.2 Å². The van der Waals surface area contributed by atoms with E-state index in [1.54, 1.807) is 12.1 Å². The predicted octanol–water partition coefficient (Wildman–Crippen LogP) is 3.56. The SMILES string of the molecule is Oc1ccc(C(=S)OCc2ccc(F)cc2F)cc1. The number of hydrogen-bond donors (Lipinski definition) is 1. The Bertz CT molecular complexity index is 597. The van der Waals surface area contributed by atoms with Gasteiger partial charge in [-0.2, -0.15) is 0 Å². The van der Waals surface area contributed by atoms with Crippen molar-refractivity contribution < 1.29 is 18.6 Å². The Morgan fingerprint density at radius 3 is 2.42 bits per heavy atom. The van der Waals surface area contributed by atoms with Gasteiger partial charge >= 0.3 is 0 Å². The normalized spacial score (nSPS) is 10.2. The molecule has 0 aliphatic carbocycles. The van der Waals surface area contributed by atoms with Gasteiger partial charge in [0.25, 0.3) is 0 Å². The molecule has 0 saturated heterocycles. The molecule has 1 N–H and O–H groups in total. The number of ether oxygens (including phenoxy) is 1. The van der Waals surface area contributed by atoms with Crippen molar-refractivity contribution in [3.63, 3.8) is 0 Å². The van der Waals surface area contributed by atoms with Crippen LogP contribution in [0.4, 0.5) is 8.78 Å². The third-order valence-corrected chi connectivity index (χ3v) is 2.83. The summed E-state index contributed by atoms with van der Waals surface area (Å²) in [6.45, 7) is -0.0776. The lowest BCUT2D eigenvalue weighted by Gasteiger charge is -2.08. The number of phenols is 1. The molecule has 0 saturated carbocycles. The highest BCUT2D eigenvalue weighted by Gasteiger charge is 2.07. The molecular weight excluding hydrogens is 270 g/mol. The highest BCUT2D eigenvalue weighted by molar-refractivity contribution is 7.80. The van der Waals surface area contributed by atoms with Crippen LogP contribution >= 0.6 is 12.2 Å². The summed E-state index contributed by atoms with van der Waals surface area (Å²) in [5, 5.41) is 9.32. The maximum absolute atomic E-state index is 13.4. The average molecular weight is 280 g/mol. The fourth-order valence-corrected chi connectivity index (χ4v) is 1.66. The van der Waals surface area contributed by atoms with Crippen molar-refractivity contribution in [3.8, 4) is 5.75 Å². The van der Waals surface area contributed by atoms with Crippen molar-refractivity contribution in [2.75, 3.05) is 0 Å². The minimum Gasteiger partial charge on any atom is -0.508 e. The van der Waals surface area contributed by atoms with E-state index in [4.69, 9.17) is 22.1 Å². The Balaban J connectivity index is 2.02. The summed E-state index contributed by atoms with van der Waals surface area (Å²) in [5.74, 6) is -1.19. The second-order valence-corrected chi connectivity index (χ2v) is 4.23. The fourth-order valence-electron chi connectivity index (χ4n) is 1.46. The molecule has 0 atom stereocenters. The first-order valence-corrected chi connectivity index (χ1v) is 5.87. The Morgan fingerprint density at radius 1 is 1.11 bits per heavy atom. The first-order chi connectivity index (χ1) is 9.06. The predicted molar refractivity (Wildman–Crippen MR) is 71.0 cm³/mol. The van der Waals surface area contributed by atoms with Crippen molar-refractivity contribution >= 4 is 17.3 Å². The standard InChI is InChI=1S/C14H10F2O2S/c15-11-4-1-10(13(16)7-11)8-18-14(19)9-2-5-12(17)6-3-9/h1-7,17H,8H2. The van der Waals surface area contributed by atoms with Crippen molar-refractivity contribution in [1.29, 1.82) is 0 Å². The minimum absolute atomic E-state index is 0.0776. The molecular formula is C14H10F2O2S. The van der Waals surface area contributed by atoms with Gasteiger partial charge in [-0.25, -0.2) is 8.78 Å². The summed E-state index contributed by atoms with van der Waals surface area (Å²) < 4.78 is 31.3. The third-order valence-electron chi connectivity index (χ3n) is 2.48. The zero-order valence-electron chi connectivity index (χ0n) is 9.77. The molecule has 2 aromatic carbocycles. The van der Waals surface area contributed by atoms with Crippen LogP contribution in [0.15, 0.2) is 42.5 Å². The Morgan fingerprint density at radius 2 is 1.79 bits per heavy atom. The minimum atomic E-state index is -0.673. The van der Waals surface area contributed by atoms with Crippen molar-refractivity contribution in [2.45, 2.75) is 6.61 Å². The number of aromatic hydroxyl groups is 1. The second-order valence-electron chi connectivity index (χ2n) is 3.86. The van der Waals surface area contributed by atoms with Gasteiger partial charge in [0.1, 0.15) is 24.0 Å². The lowest BCUT2D eigenvalue weighted by Crippen LogP contribution is -2.05. The number of hydrogen-bond acceptors (Lipinski definition) is 3. The second kappa shape index (κ2) is 5.75. The molecule has 0 heterocycles. The molecule has 0 fully saturated rings. The summed E-state index contributed by atoms with van der Waals surface area (Å²) in [7, 11) is 0. The molecule has 0 radical (unpaired) electrons.